The third kappa shape index (κ3) is 3.77. The third-order valence-corrected chi connectivity index (χ3v) is 5.12. The first kappa shape index (κ1) is 18.5. The number of hydrogen-bond acceptors (Lipinski definition) is 4. The zero-order valence-electron chi connectivity index (χ0n) is 14.5. The number of methoxy groups -OCH3 is 2. The van der Waals surface area contributed by atoms with Crippen LogP contribution in [0.2, 0.25) is 0 Å². The summed E-state index contributed by atoms with van der Waals surface area (Å²) in [5, 5.41) is 2.87. The summed E-state index contributed by atoms with van der Waals surface area (Å²) in [4.78, 5) is 26.2. The molecule has 0 saturated carbocycles. The minimum Gasteiger partial charge on any atom is -0.493 e. The van der Waals surface area contributed by atoms with Crippen molar-refractivity contribution in [3.8, 4) is 11.5 Å². The van der Waals surface area contributed by atoms with Crippen LogP contribution in [0.3, 0.4) is 0 Å². The monoisotopic (exact) mass is 466 g/mol. The quantitative estimate of drug-likeness (QED) is 0.683. The predicted octanol–water partition coefficient (Wildman–Crippen LogP) is 3.69. The Labute approximate surface area is 165 Å². The molecule has 136 valence electrons. The number of carbonyl (C=O) groups excluding carboxylic acids is 2. The molecule has 0 bridgehead atoms. The van der Waals surface area contributed by atoms with Crippen LogP contribution in [0.5, 0.6) is 11.5 Å². The van der Waals surface area contributed by atoms with E-state index in [1.807, 2.05) is 12.1 Å². The maximum atomic E-state index is 12.6. The highest BCUT2D eigenvalue weighted by Gasteiger charge is 2.21. The summed E-state index contributed by atoms with van der Waals surface area (Å²) in [7, 11) is 3.09. The SMILES string of the molecule is COc1cc(I)c(C(=O)Nc2ccc(N3CCCC3=O)cc2)cc1OC. The van der Waals surface area contributed by atoms with Crippen molar-refractivity contribution in [2.24, 2.45) is 0 Å². The number of carbonyl (C=O) groups is 2. The maximum Gasteiger partial charge on any atom is 0.256 e. The molecule has 2 aromatic rings. The summed E-state index contributed by atoms with van der Waals surface area (Å²) in [6.07, 6.45) is 1.48. The van der Waals surface area contributed by atoms with E-state index >= 15 is 0 Å². The fraction of sp³-hybridized carbons (Fsp3) is 0.263. The summed E-state index contributed by atoms with van der Waals surface area (Å²) in [6, 6.07) is 10.7. The van der Waals surface area contributed by atoms with E-state index in [2.05, 4.69) is 27.9 Å². The Morgan fingerprint density at radius 3 is 2.35 bits per heavy atom. The number of rotatable bonds is 5. The van der Waals surface area contributed by atoms with Crippen LogP contribution in [0.4, 0.5) is 11.4 Å². The average molecular weight is 466 g/mol. The second-order valence-electron chi connectivity index (χ2n) is 5.84. The first-order chi connectivity index (χ1) is 12.5. The molecule has 1 fully saturated rings. The highest BCUT2D eigenvalue weighted by atomic mass is 127. The summed E-state index contributed by atoms with van der Waals surface area (Å²) in [5.41, 5.74) is 2.02. The van der Waals surface area contributed by atoms with Crippen LogP contribution < -0.4 is 19.7 Å². The van der Waals surface area contributed by atoms with E-state index in [9.17, 15) is 9.59 Å². The van der Waals surface area contributed by atoms with Crippen molar-refractivity contribution in [2.75, 3.05) is 31.0 Å². The Kier molecular flexibility index (Phi) is 5.65. The van der Waals surface area contributed by atoms with Crippen LogP contribution in [-0.2, 0) is 4.79 Å². The van der Waals surface area contributed by atoms with E-state index in [1.165, 1.54) is 7.11 Å². The fourth-order valence-electron chi connectivity index (χ4n) is 2.87. The molecule has 26 heavy (non-hydrogen) atoms. The lowest BCUT2D eigenvalue weighted by Crippen LogP contribution is -2.23. The van der Waals surface area contributed by atoms with E-state index in [4.69, 9.17) is 9.47 Å². The van der Waals surface area contributed by atoms with Gasteiger partial charge in [0.05, 0.1) is 19.8 Å². The molecule has 2 aromatic carbocycles. The molecule has 1 aliphatic rings. The van der Waals surface area contributed by atoms with Gasteiger partial charge in [-0.1, -0.05) is 0 Å². The number of amides is 2. The van der Waals surface area contributed by atoms with E-state index in [1.54, 1.807) is 36.3 Å². The molecule has 0 spiro atoms. The van der Waals surface area contributed by atoms with Gasteiger partial charge < -0.3 is 19.7 Å². The lowest BCUT2D eigenvalue weighted by atomic mass is 10.1. The standard InChI is InChI=1S/C19H19IN2O4/c1-25-16-10-14(15(20)11-17(16)26-2)19(24)21-12-5-7-13(8-6-12)22-9-3-4-18(22)23/h5-8,10-11H,3-4,9H2,1-2H3,(H,21,24). The van der Waals surface area contributed by atoms with Crippen molar-refractivity contribution < 1.29 is 19.1 Å². The molecule has 0 radical (unpaired) electrons. The number of benzene rings is 2. The van der Waals surface area contributed by atoms with Crippen molar-refractivity contribution in [1.29, 1.82) is 0 Å². The summed E-state index contributed by atoms with van der Waals surface area (Å²) < 4.78 is 11.3. The van der Waals surface area contributed by atoms with E-state index < -0.39 is 0 Å². The first-order valence-corrected chi connectivity index (χ1v) is 9.24. The molecule has 0 aliphatic carbocycles. The van der Waals surface area contributed by atoms with Crippen molar-refractivity contribution in [1.82, 2.24) is 0 Å². The number of nitrogens with zero attached hydrogens (tertiary/aromatic N) is 1. The van der Waals surface area contributed by atoms with Gasteiger partial charge in [-0.25, -0.2) is 0 Å². The number of ether oxygens (including phenoxy) is 2. The lowest BCUT2D eigenvalue weighted by molar-refractivity contribution is -0.117. The Bertz CT molecular complexity index is 836. The van der Waals surface area contributed by atoms with Crippen LogP contribution in [-0.4, -0.2) is 32.6 Å². The van der Waals surface area contributed by atoms with Gasteiger partial charge in [-0.3, -0.25) is 9.59 Å². The molecule has 0 unspecified atom stereocenters. The van der Waals surface area contributed by atoms with Gasteiger partial charge in [-0.05, 0) is 65.4 Å². The molecule has 0 atom stereocenters. The van der Waals surface area contributed by atoms with Gasteiger partial charge in [0.2, 0.25) is 5.91 Å². The molecular formula is C19H19IN2O4. The van der Waals surface area contributed by atoms with Crippen LogP contribution in [0.15, 0.2) is 36.4 Å². The van der Waals surface area contributed by atoms with E-state index in [0.717, 1.165) is 22.2 Å². The molecule has 7 heteroatoms. The van der Waals surface area contributed by atoms with Crippen molar-refractivity contribution in [2.45, 2.75) is 12.8 Å². The van der Waals surface area contributed by atoms with Crippen LogP contribution in [0, 0.1) is 3.57 Å². The highest BCUT2D eigenvalue weighted by molar-refractivity contribution is 14.1. The Morgan fingerprint density at radius 1 is 1.12 bits per heavy atom. The van der Waals surface area contributed by atoms with Crippen LogP contribution in [0.1, 0.15) is 23.2 Å². The third-order valence-electron chi connectivity index (χ3n) is 4.23. The molecule has 2 amide bonds. The van der Waals surface area contributed by atoms with Gasteiger partial charge in [-0.2, -0.15) is 0 Å². The van der Waals surface area contributed by atoms with Crippen LogP contribution in [0.25, 0.3) is 0 Å². The van der Waals surface area contributed by atoms with Gasteiger partial charge in [0.25, 0.3) is 5.91 Å². The Balaban J connectivity index is 1.77. The Morgan fingerprint density at radius 2 is 1.77 bits per heavy atom. The molecular weight excluding hydrogens is 447 g/mol. The maximum absolute atomic E-state index is 12.6. The van der Waals surface area contributed by atoms with Crippen LogP contribution >= 0.6 is 22.6 Å². The van der Waals surface area contributed by atoms with Gasteiger partial charge in [0, 0.05) is 27.9 Å². The van der Waals surface area contributed by atoms with E-state index in [0.29, 0.717) is 29.2 Å². The van der Waals surface area contributed by atoms with Gasteiger partial charge in [0.1, 0.15) is 0 Å². The molecule has 1 N–H and O–H groups in total. The van der Waals surface area contributed by atoms with E-state index in [-0.39, 0.29) is 11.8 Å². The second-order valence-corrected chi connectivity index (χ2v) is 7.00. The summed E-state index contributed by atoms with van der Waals surface area (Å²) >= 11 is 2.09. The molecule has 1 saturated heterocycles. The number of anilines is 2. The second kappa shape index (κ2) is 7.94. The topological polar surface area (TPSA) is 67.9 Å². The normalized spacial score (nSPS) is 13.7. The predicted molar refractivity (Wildman–Crippen MR) is 108 cm³/mol. The van der Waals surface area contributed by atoms with Gasteiger partial charge >= 0.3 is 0 Å². The lowest BCUT2D eigenvalue weighted by Gasteiger charge is -2.16. The van der Waals surface area contributed by atoms with Gasteiger partial charge in [-0.15, -0.1) is 0 Å². The minimum absolute atomic E-state index is 0.140. The number of hydrogen-bond donors (Lipinski definition) is 1. The summed E-state index contributed by atoms with van der Waals surface area (Å²) in [5.74, 6) is 0.982. The van der Waals surface area contributed by atoms with Crippen molar-refractivity contribution >= 4 is 45.8 Å². The number of nitrogens with one attached hydrogen (secondary N) is 1. The zero-order valence-corrected chi connectivity index (χ0v) is 16.7. The first-order valence-electron chi connectivity index (χ1n) is 8.17. The minimum atomic E-state index is -0.236. The van der Waals surface area contributed by atoms with Crippen molar-refractivity contribution in [3.05, 3.63) is 45.5 Å². The molecule has 1 heterocycles. The largest absolute Gasteiger partial charge is 0.493 e. The molecule has 3 rings (SSSR count). The zero-order chi connectivity index (χ0) is 18.7. The molecule has 1 aliphatic heterocycles. The Hall–Kier alpha value is -2.29. The highest BCUT2D eigenvalue weighted by Crippen LogP contribution is 2.32. The summed E-state index contributed by atoms with van der Waals surface area (Å²) in [6.45, 7) is 0.744. The molecule has 0 aromatic heterocycles. The average Bonchev–Trinajstić information content (AvgIpc) is 3.07. The van der Waals surface area contributed by atoms with Crippen molar-refractivity contribution in [3.63, 3.8) is 0 Å². The molecule has 6 nitrogen and oxygen atoms in total. The fourth-order valence-corrected chi connectivity index (χ4v) is 3.56. The van der Waals surface area contributed by atoms with Gasteiger partial charge in [0.15, 0.2) is 11.5 Å². The smallest absolute Gasteiger partial charge is 0.256 e. The number of halogens is 1.